The molecule has 0 saturated heterocycles. The second kappa shape index (κ2) is 6.55. The van der Waals surface area contributed by atoms with Crippen LogP contribution in [0.3, 0.4) is 0 Å². The van der Waals surface area contributed by atoms with Crippen LogP contribution < -0.4 is 21.7 Å². The van der Waals surface area contributed by atoms with Crippen LogP contribution in [0.25, 0.3) is 0 Å². The molecular formula is C9H16N6O3. The first kappa shape index (κ1) is 13.9. The maximum absolute atomic E-state index is 10.9. The molecule has 100 valence electrons. The minimum Gasteiger partial charge on any atom is -0.407 e. The SMILES string of the molecule is CCNCc1nnc(N(CC(N)=O)CC(N)=O)o1. The van der Waals surface area contributed by atoms with Crippen LogP contribution >= 0.6 is 0 Å². The van der Waals surface area contributed by atoms with Crippen molar-refractivity contribution in [3.8, 4) is 0 Å². The van der Waals surface area contributed by atoms with Crippen LogP contribution in [0.4, 0.5) is 6.01 Å². The zero-order valence-electron chi connectivity index (χ0n) is 10.0. The molecule has 0 bridgehead atoms. The molecule has 0 fully saturated rings. The lowest BCUT2D eigenvalue weighted by molar-refractivity contribution is -0.117. The highest BCUT2D eigenvalue weighted by Crippen LogP contribution is 2.11. The Hall–Kier alpha value is -2.16. The molecule has 18 heavy (non-hydrogen) atoms. The molecule has 0 saturated carbocycles. The summed E-state index contributed by atoms with van der Waals surface area (Å²) >= 11 is 0. The van der Waals surface area contributed by atoms with E-state index in [1.54, 1.807) is 0 Å². The molecule has 0 atom stereocenters. The zero-order valence-corrected chi connectivity index (χ0v) is 10.0. The molecule has 1 heterocycles. The van der Waals surface area contributed by atoms with Crippen molar-refractivity contribution in [1.29, 1.82) is 0 Å². The van der Waals surface area contributed by atoms with E-state index in [-0.39, 0.29) is 19.1 Å². The van der Waals surface area contributed by atoms with E-state index in [4.69, 9.17) is 15.9 Å². The predicted molar refractivity (Wildman–Crippen MR) is 62.3 cm³/mol. The van der Waals surface area contributed by atoms with E-state index < -0.39 is 11.8 Å². The van der Waals surface area contributed by atoms with E-state index in [9.17, 15) is 9.59 Å². The number of nitrogens with two attached hydrogens (primary N) is 2. The Labute approximate surface area is 104 Å². The van der Waals surface area contributed by atoms with Crippen molar-refractivity contribution in [3.05, 3.63) is 5.89 Å². The normalized spacial score (nSPS) is 10.3. The summed E-state index contributed by atoms with van der Waals surface area (Å²) in [6, 6.07) is 0.0421. The Morgan fingerprint density at radius 2 is 1.89 bits per heavy atom. The first-order valence-electron chi connectivity index (χ1n) is 5.37. The number of amides is 2. The van der Waals surface area contributed by atoms with Crippen molar-refractivity contribution < 1.29 is 14.0 Å². The summed E-state index contributed by atoms with van der Waals surface area (Å²) in [5.74, 6) is -0.892. The summed E-state index contributed by atoms with van der Waals surface area (Å²) in [5, 5.41) is 10.5. The van der Waals surface area contributed by atoms with E-state index >= 15 is 0 Å². The molecular weight excluding hydrogens is 240 g/mol. The molecule has 2 amide bonds. The van der Waals surface area contributed by atoms with Crippen LogP contribution in [0, 0.1) is 0 Å². The molecule has 1 rings (SSSR count). The van der Waals surface area contributed by atoms with Gasteiger partial charge in [0.25, 0.3) is 0 Å². The number of nitrogens with zero attached hydrogens (tertiary/aromatic N) is 3. The van der Waals surface area contributed by atoms with Gasteiger partial charge in [-0.15, -0.1) is 5.10 Å². The number of carbonyl (C=O) groups excluding carboxylic acids is 2. The summed E-state index contributed by atoms with van der Waals surface area (Å²) < 4.78 is 5.28. The van der Waals surface area contributed by atoms with E-state index in [2.05, 4.69) is 15.5 Å². The minimum absolute atomic E-state index is 0.0421. The Balaban J connectivity index is 2.74. The molecule has 9 heteroatoms. The van der Waals surface area contributed by atoms with Crippen LogP contribution in [0.2, 0.25) is 0 Å². The molecule has 5 N–H and O–H groups in total. The molecule has 0 aliphatic carbocycles. The molecule has 1 aromatic heterocycles. The molecule has 0 aliphatic heterocycles. The maximum Gasteiger partial charge on any atom is 0.319 e. The summed E-state index contributed by atoms with van der Waals surface area (Å²) in [5.41, 5.74) is 10.1. The first-order valence-corrected chi connectivity index (χ1v) is 5.37. The molecule has 0 aromatic carbocycles. The summed E-state index contributed by atoms with van der Waals surface area (Å²) in [6.45, 7) is 2.66. The number of hydrogen-bond acceptors (Lipinski definition) is 7. The van der Waals surface area contributed by atoms with Gasteiger partial charge < -0.3 is 26.1 Å². The fourth-order valence-electron chi connectivity index (χ4n) is 1.24. The topological polar surface area (TPSA) is 140 Å². The zero-order chi connectivity index (χ0) is 13.5. The van der Waals surface area contributed by atoms with Gasteiger partial charge in [-0.05, 0) is 6.54 Å². The first-order chi connectivity index (χ1) is 8.52. The number of aromatic nitrogens is 2. The maximum atomic E-state index is 10.9. The predicted octanol–water partition coefficient (Wildman–Crippen LogP) is -2.04. The summed E-state index contributed by atoms with van der Waals surface area (Å²) in [6.07, 6.45) is 0. The number of nitrogens with one attached hydrogen (secondary N) is 1. The van der Waals surface area contributed by atoms with E-state index in [0.717, 1.165) is 6.54 Å². The average Bonchev–Trinajstić information content (AvgIpc) is 2.72. The molecule has 0 spiro atoms. The number of primary amides is 2. The lowest BCUT2D eigenvalue weighted by Gasteiger charge is -2.15. The lowest BCUT2D eigenvalue weighted by Crippen LogP contribution is -2.39. The van der Waals surface area contributed by atoms with Crippen LogP contribution in [-0.4, -0.2) is 41.6 Å². The fourth-order valence-corrected chi connectivity index (χ4v) is 1.24. The van der Waals surface area contributed by atoms with Gasteiger partial charge in [-0.1, -0.05) is 12.0 Å². The lowest BCUT2D eigenvalue weighted by atomic mass is 10.4. The van der Waals surface area contributed by atoms with Crippen LogP contribution in [-0.2, 0) is 16.1 Å². The van der Waals surface area contributed by atoms with Crippen LogP contribution in [0.1, 0.15) is 12.8 Å². The second-order valence-electron chi connectivity index (χ2n) is 3.55. The average molecular weight is 256 g/mol. The number of carbonyl (C=O) groups is 2. The van der Waals surface area contributed by atoms with E-state index in [1.807, 2.05) is 6.92 Å². The fraction of sp³-hybridized carbons (Fsp3) is 0.556. The monoisotopic (exact) mass is 256 g/mol. The van der Waals surface area contributed by atoms with Crippen molar-refractivity contribution in [1.82, 2.24) is 15.5 Å². The Morgan fingerprint density at radius 3 is 2.39 bits per heavy atom. The van der Waals surface area contributed by atoms with Gasteiger partial charge in [-0.25, -0.2) is 0 Å². The molecule has 0 unspecified atom stereocenters. The quantitative estimate of drug-likeness (QED) is 0.486. The van der Waals surface area contributed by atoms with Crippen molar-refractivity contribution in [2.45, 2.75) is 13.5 Å². The Bertz CT molecular complexity index is 402. The smallest absolute Gasteiger partial charge is 0.319 e. The Kier molecular flexibility index (Phi) is 5.06. The summed E-state index contributed by atoms with van der Waals surface area (Å²) in [4.78, 5) is 23.0. The van der Waals surface area contributed by atoms with Gasteiger partial charge in [-0.3, -0.25) is 9.59 Å². The highest BCUT2D eigenvalue weighted by molar-refractivity contribution is 5.83. The van der Waals surface area contributed by atoms with Gasteiger partial charge >= 0.3 is 6.01 Å². The molecule has 9 nitrogen and oxygen atoms in total. The van der Waals surface area contributed by atoms with Gasteiger partial charge in [-0.2, -0.15) is 0 Å². The van der Waals surface area contributed by atoms with Gasteiger partial charge in [0.15, 0.2) is 0 Å². The third kappa shape index (κ3) is 4.37. The highest BCUT2D eigenvalue weighted by atomic mass is 16.4. The van der Waals surface area contributed by atoms with Crippen molar-refractivity contribution in [2.24, 2.45) is 11.5 Å². The minimum atomic E-state index is -0.623. The number of anilines is 1. The van der Waals surface area contributed by atoms with Crippen LogP contribution in [0.5, 0.6) is 0 Å². The van der Waals surface area contributed by atoms with E-state index in [1.165, 1.54) is 4.90 Å². The second-order valence-corrected chi connectivity index (χ2v) is 3.55. The van der Waals surface area contributed by atoms with Crippen molar-refractivity contribution in [2.75, 3.05) is 24.5 Å². The molecule has 0 radical (unpaired) electrons. The van der Waals surface area contributed by atoms with Crippen LogP contribution in [0.15, 0.2) is 4.42 Å². The van der Waals surface area contributed by atoms with Gasteiger partial charge in [0.1, 0.15) is 13.1 Å². The standard InChI is InChI=1S/C9H16N6O3/c1-2-12-3-8-13-14-9(18-8)15(4-6(10)16)5-7(11)17/h12H,2-5H2,1H3,(H2,10,16)(H2,11,17). The summed E-state index contributed by atoms with van der Waals surface area (Å²) in [7, 11) is 0. The van der Waals surface area contributed by atoms with Crippen molar-refractivity contribution >= 4 is 17.8 Å². The van der Waals surface area contributed by atoms with Crippen molar-refractivity contribution in [3.63, 3.8) is 0 Å². The highest BCUT2D eigenvalue weighted by Gasteiger charge is 2.18. The number of hydrogen-bond donors (Lipinski definition) is 3. The third-order valence-corrected chi connectivity index (χ3v) is 1.95. The Morgan fingerprint density at radius 1 is 1.28 bits per heavy atom. The van der Waals surface area contributed by atoms with Gasteiger partial charge in [0.2, 0.25) is 17.7 Å². The third-order valence-electron chi connectivity index (χ3n) is 1.95. The van der Waals surface area contributed by atoms with Gasteiger partial charge in [0.05, 0.1) is 6.54 Å². The molecule has 0 aliphatic rings. The largest absolute Gasteiger partial charge is 0.407 e. The molecule has 1 aromatic rings. The van der Waals surface area contributed by atoms with E-state index in [0.29, 0.717) is 12.4 Å². The van der Waals surface area contributed by atoms with Gasteiger partial charge in [0, 0.05) is 0 Å². The number of rotatable bonds is 8.